The average Bonchev–Trinajstić information content (AvgIpc) is 3.36. The van der Waals surface area contributed by atoms with Crippen molar-refractivity contribution in [1.29, 1.82) is 5.26 Å². The molecule has 2 amide bonds. The lowest BCUT2D eigenvalue weighted by molar-refractivity contribution is -0.385. The van der Waals surface area contributed by atoms with Crippen LogP contribution >= 0.6 is 11.6 Å². The first-order chi connectivity index (χ1) is 19.4. The molecule has 0 bridgehead atoms. The zero-order valence-corrected chi connectivity index (χ0v) is 22.9. The molecule has 1 aliphatic rings. The van der Waals surface area contributed by atoms with Crippen LogP contribution in [0.4, 0.5) is 17.2 Å². The fraction of sp³-hybridized carbons (Fsp3) is 0.160. The molecule has 14 nitrogen and oxygen atoms in total. The summed E-state index contributed by atoms with van der Waals surface area (Å²) >= 11 is 6.29. The summed E-state index contributed by atoms with van der Waals surface area (Å²) in [7, 11) is -3.20. The van der Waals surface area contributed by atoms with Crippen molar-refractivity contribution >= 4 is 56.6 Å². The molecular formula is C25H20ClN7O7S. The number of aromatic nitrogens is 1. The van der Waals surface area contributed by atoms with Crippen LogP contribution in [0, 0.1) is 28.4 Å². The second-order valence-electron chi connectivity index (χ2n) is 8.55. The number of rotatable bonds is 7. The van der Waals surface area contributed by atoms with E-state index in [0.717, 1.165) is 23.2 Å². The number of nitrogens with zero attached hydrogens (tertiary/aromatic N) is 5. The third-order valence-electron chi connectivity index (χ3n) is 5.85. The van der Waals surface area contributed by atoms with Crippen LogP contribution in [0.2, 0.25) is 5.02 Å². The van der Waals surface area contributed by atoms with Crippen LogP contribution in [0.25, 0.3) is 0 Å². The van der Waals surface area contributed by atoms with Crippen molar-refractivity contribution in [3.8, 4) is 6.07 Å². The molecule has 0 saturated carbocycles. The van der Waals surface area contributed by atoms with Crippen LogP contribution in [-0.4, -0.2) is 49.1 Å². The maximum Gasteiger partial charge on any atom is 0.340 e. The number of hydrazone groups is 1. The van der Waals surface area contributed by atoms with Gasteiger partial charge in [-0.3, -0.25) is 19.7 Å². The lowest BCUT2D eigenvalue weighted by atomic mass is 10.0. The quantitative estimate of drug-likeness (QED) is 0.232. The molecule has 2 heterocycles. The van der Waals surface area contributed by atoms with E-state index in [1.807, 2.05) is 6.07 Å². The molecule has 2 N–H and O–H groups in total. The molecule has 0 fully saturated rings. The van der Waals surface area contributed by atoms with Gasteiger partial charge in [0.05, 0.1) is 39.3 Å². The smallest absolute Gasteiger partial charge is 0.340 e. The number of nitriles is 1. The third kappa shape index (κ3) is 6.08. The van der Waals surface area contributed by atoms with Gasteiger partial charge in [0.1, 0.15) is 10.9 Å². The maximum atomic E-state index is 13.6. The number of aryl methyl sites for hydroxylation is 1. The van der Waals surface area contributed by atoms with E-state index in [2.05, 4.69) is 20.7 Å². The van der Waals surface area contributed by atoms with E-state index in [4.69, 9.17) is 15.8 Å². The van der Waals surface area contributed by atoms with Crippen molar-refractivity contribution in [2.45, 2.75) is 24.3 Å². The number of amides is 2. The summed E-state index contributed by atoms with van der Waals surface area (Å²) in [5.41, 5.74) is 0.309. The molecular weight excluding hydrogens is 578 g/mol. The molecule has 41 heavy (non-hydrogen) atoms. The Morgan fingerprint density at radius 2 is 2.00 bits per heavy atom. The van der Waals surface area contributed by atoms with Gasteiger partial charge in [0.25, 0.3) is 11.6 Å². The van der Waals surface area contributed by atoms with Gasteiger partial charge in [0.2, 0.25) is 11.8 Å². The summed E-state index contributed by atoms with van der Waals surface area (Å²) in [5.74, 6) is -1.68. The van der Waals surface area contributed by atoms with E-state index in [0.29, 0.717) is 5.56 Å². The highest BCUT2D eigenvalue weighted by Crippen LogP contribution is 2.32. The van der Waals surface area contributed by atoms with Gasteiger partial charge in [-0.2, -0.15) is 13.7 Å². The highest BCUT2D eigenvalue weighted by atomic mass is 35.5. The number of nitro benzene ring substituents is 1. The van der Waals surface area contributed by atoms with Gasteiger partial charge < -0.3 is 14.8 Å². The Kier molecular flexibility index (Phi) is 8.17. The molecule has 0 radical (unpaired) electrons. The number of non-ortho nitro benzene ring substituents is 1. The zero-order valence-electron chi connectivity index (χ0n) is 21.4. The predicted molar refractivity (Wildman–Crippen MR) is 147 cm³/mol. The van der Waals surface area contributed by atoms with Crippen LogP contribution in [-0.2, 0) is 19.1 Å². The van der Waals surface area contributed by atoms with Crippen LogP contribution in [0.1, 0.15) is 27.9 Å². The minimum Gasteiger partial charge on any atom is -0.361 e. The molecule has 3 aromatic rings. The van der Waals surface area contributed by atoms with Crippen LogP contribution in [0.5, 0.6) is 0 Å². The minimum absolute atomic E-state index is 0.0174. The number of carbonyl (C=O) groups excluding carboxylic acids is 2. The van der Waals surface area contributed by atoms with Gasteiger partial charge >= 0.3 is 10.1 Å². The number of nitrogens with one attached hydrogen (secondary N) is 2. The van der Waals surface area contributed by atoms with E-state index >= 15 is 0 Å². The van der Waals surface area contributed by atoms with Gasteiger partial charge in [-0.1, -0.05) is 17.7 Å². The fourth-order valence-electron chi connectivity index (χ4n) is 3.94. The molecule has 0 saturated heterocycles. The van der Waals surface area contributed by atoms with Crippen molar-refractivity contribution in [3.63, 3.8) is 0 Å². The maximum absolute atomic E-state index is 13.6. The molecule has 210 valence electrons. The van der Waals surface area contributed by atoms with E-state index in [9.17, 15) is 33.4 Å². The molecule has 1 aromatic heterocycles. The summed E-state index contributed by atoms with van der Waals surface area (Å²) < 4.78 is 31.1. The van der Waals surface area contributed by atoms with Gasteiger partial charge in [0, 0.05) is 25.4 Å². The lowest BCUT2D eigenvalue weighted by Gasteiger charge is -2.23. The molecule has 1 atom stereocenters. The number of pyridine rings is 1. The summed E-state index contributed by atoms with van der Waals surface area (Å²) in [4.78, 5) is 40.1. The first-order valence-corrected chi connectivity index (χ1v) is 13.5. The molecule has 1 unspecified atom stereocenters. The molecule has 0 aliphatic carbocycles. The Morgan fingerprint density at radius 3 is 2.66 bits per heavy atom. The predicted octanol–water partition coefficient (Wildman–Crippen LogP) is 3.12. The largest absolute Gasteiger partial charge is 0.361 e. The lowest BCUT2D eigenvalue weighted by Crippen LogP contribution is -2.39. The summed E-state index contributed by atoms with van der Waals surface area (Å²) in [6, 6.07) is 10.8. The number of halogens is 1. The van der Waals surface area contributed by atoms with Crippen LogP contribution < -0.4 is 15.6 Å². The van der Waals surface area contributed by atoms with Gasteiger partial charge in [0.15, 0.2) is 5.82 Å². The van der Waals surface area contributed by atoms with Crippen molar-refractivity contribution in [2.24, 2.45) is 5.10 Å². The van der Waals surface area contributed by atoms with Gasteiger partial charge in [-0.15, -0.1) is 5.10 Å². The number of benzene rings is 2. The second kappa shape index (κ2) is 11.6. The number of nitro groups is 1. The summed E-state index contributed by atoms with van der Waals surface area (Å²) in [6.45, 7) is 1.60. The number of hydrogen-bond donors (Lipinski definition) is 2. The van der Waals surface area contributed by atoms with Crippen LogP contribution in [0.3, 0.4) is 0 Å². The number of anilines is 2. The topological polar surface area (TPSA) is 197 Å². The van der Waals surface area contributed by atoms with Gasteiger partial charge in [-0.25, -0.2) is 9.99 Å². The van der Waals surface area contributed by atoms with Crippen molar-refractivity contribution in [2.75, 3.05) is 17.4 Å². The number of hydrogen-bond acceptors (Lipinski definition) is 11. The standard InChI is InChI=1S/C25H20ClN7O7S/c1-14-9-15(13-27)10-18(24(34)28-2)22(14)30-25(35)20-12-21(31-32(20)23-19(26)7-4-8-29-23)40-41(38,39)17-6-3-5-16(11-17)33(36)37/h3-11,20H,12H2,1-2H3,(H,28,34)(H,30,35). The summed E-state index contributed by atoms with van der Waals surface area (Å²) in [6.07, 6.45) is 1.01. The monoisotopic (exact) mass is 597 g/mol. The van der Waals surface area contributed by atoms with Crippen molar-refractivity contribution < 1.29 is 27.1 Å². The molecule has 2 aromatic carbocycles. The Hall–Kier alpha value is -5.07. The Labute approximate surface area is 238 Å². The van der Waals surface area contributed by atoms with Crippen LogP contribution in [0.15, 0.2) is 64.7 Å². The van der Waals surface area contributed by atoms with E-state index < -0.39 is 49.4 Å². The first kappa shape index (κ1) is 28.9. The molecule has 16 heteroatoms. The van der Waals surface area contributed by atoms with E-state index in [-0.39, 0.29) is 34.1 Å². The molecule has 0 spiro atoms. The molecule has 4 rings (SSSR count). The summed E-state index contributed by atoms with van der Waals surface area (Å²) in [5, 5.41) is 30.9. The van der Waals surface area contributed by atoms with E-state index in [1.54, 1.807) is 13.0 Å². The van der Waals surface area contributed by atoms with E-state index in [1.165, 1.54) is 37.5 Å². The molecule has 1 aliphatic heterocycles. The highest BCUT2D eigenvalue weighted by Gasteiger charge is 2.39. The third-order valence-corrected chi connectivity index (χ3v) is 7.39. The van der Waals surface area contributed by atoms with Crippen molar-refractivity contribution in [3.05, 3.63) is 86.6 Å². The first-order valence-electron chi connectivity index (χ1n) is 11.7. The number of carbonyl (C=O) groups is 2. The zero-order chi connectivity index (χ0) is 29.9. The minimum atomic E-state index is -4.59. The normalized spacial score (nSPS) is 14.5. The van der Waals surface area contributed by atoms with Crippen molar-refractivity contribution in [1.82, 2.24) is 10.3 Å². The Bertz CT molecular complexity index is 1760. The Morgan fingerprint density at radius 1 is 1.24 bits per heavy atom. The Balaban J connectivity index is 1.69. The highest BCUT2D eigenvalue weighted by molar-refractivity contribution is 7.87. The second-order valence-corrected chi connectivity index (χ2v) is 10.5. The fourth-order valence-corrected chi connectivity index (χ4v) is 5.11. The average molecular weight is 598 g/mol. The van der Waals surface area contributed by atoms with Gasteiger partial charge in [-0.05, 0) is 42.8 Å². The SMILES string of the molecule is CNC(=O)c1cc(C#N)cc(C)c1NC(=O)C1CC(OS(=O)(=O)c2cccc([N+](=O)[O-])c2)=NN1c1ncccc1Cl.